The predicted octanol–water partition coefficient (Wildman–Crippen LogP) is 5.16. The molecule has 0 saturated carbocycles. The first kappa shape index (κ1) is 34.7. The third kappa shape index (κ3) is 8.65. The SMILES string of the molecule is COc1cc(C(=O)NCCS(=O)(=O)O)ccc1Cn1cc(-c2cccc3c2OCCCN3C(=O)CCCOc2cccc(Cl)c2C)cn1. The van der Waals surface area contributed by atoms with E-state index in [-0.39, 0.29) is 18.0 Å². The number of carbonyl (C=O) groups excluding carboxylic acids is 2. The summed E-state index contributed by atoms with van der Waals surface area (Å²) in [6.07, 6.45) is 5.15. The average Bonchev–Trinajstić information content (AvgIpc) is 3.41. The Balaban J connectivity index is 1.26. The molecule has 1 aliphatic rings. The van der Waals surface area contributed by atoms with E-state index in [2.05, 4.69) is 10.4 Å². The molecule has 14 heteroatoms. The Kier molecular flexibility index (Phi) is 11.2. The van der Waals surface area contributed by atoms with Crippen LogP contribution in [0.5, 0.6) is 17.2 Å². The Bertz CT molecular complexity index is 1900. The lowest BCUT2D eigenvalue weighted by molar-refractivity contribution is -0.118. The number of hydrogen-bond donors (Lipinski definition) is 2. The number of fused-ring (bicyclic) bond motifs is 1. The topological polar surface area (TPSA) is 149 Å². The zero-order valence-electron chi connectivity index (χ0n) is 26.6. The van der Waals surface area contributed by atoms with E-state index in [1.807, 2.05) is 49.5 Å². The van der Waals surface area contributed by atoms with Gasteiger partial charge in [0.25, 0.3) is 16.0 Å². The summed E-state index contributed by atoms with van der Waals surface area (Å²) in [4.78, 5) is 27.7. The largest absolute Gasteiger partial charge is 0.496 e. The van der Waals surface area contributed by atoms with E-state index in [1.165, 1.54) is 7.11 Å². The van der Waals surface area contributed by atoms with E-state index >= 15 is 0 Å². The fourth-order valence-corrected chi connectivity index (χ4v) is 5.88. The predicted molar refractivity (Wildman–Crippen MR) is 182 cm³/mol. The maximum atomic E-state index is 13.4. The van der Waals surface area contributed by atoms with Crippen molar-refractivity contribution in [1.29, 1.82) is 0 Å². The van der Waals surface area contributed by atoms with Crippen LogP contribution in [-0.4, -0.2) is 73.7 Å². The Labute approximate surface area is 284 Å². The molecule has 48 heavy (non-hydrogen) atoms. The molecule has 254 valence electrons. The molecule has 1 aliphatic heterocycles. The number of rotatable bonds is 13. The van der Waals surface area contributed by atoms with Crippen molar-refractivity contribution in [3.05, 3.63) is 88.7 Å². The number of hydrogen-bond acceptors (Lipinski definition) is 8. The quantitative estimate of drug-likeness (QED) is 0.143. The number of benzene rings is 3. The van der Waals surface area contributed by atoms with Crippen LogP contribution in [0, 0.1) is 6.92 Å². The fourth-order valence-electron chi connectivity index (χ4n) is 5.35. The van der Waals surface area contributed by atoms with E-state index in [4.69, 9.17) is 30.4 Å². The summed E-state index contributed by atoms with van der Waals surface area (Å²) >= 11 is 6.19. The molecule has 4 aromatic rings. The molecular formula is C34H37ClN4O8S. The molecule has 2 N–H and O–H groups in total. The van der Waals surface area contributed by atoms with Crippen molar-refractivity contribution in [2.45, 2.75) is 32.7 Å². The lowest BCUT2D eigenvalue weighted by Gasteiger charge is -2.23. The summed E-state index contributed by atoms with van der Waals surface area (Å²) in [5.41, 5.74) is 4.23. The van der Waals surface area contributed by atoms with Gasteiger partial charge in [-0.15, -0.1) is 0 Å². The Hall–Kier alpha value is -4.59. The van der Waals surface area contributed by atoms with E-state index in [1.54, 1.807) is 34.0 Å². The number of carbonyl (C=O) groups is 2. The number of nitrogens with zero attached hydrogens (tertiary/aromatic N) is 3. The van der Waals surface area contributed by atoms with Gasteiger partial charge in [-0.2, -0.15) is 13.5 Å². The standard InChI is InChI=1S/C34H37ClN4O8S/c1-23-28(35)8-4-10-30(23)46-16-5-11-32(40)39-15-6-17-47-33-27(7-3-9-29(33)39)26-20-37-38(22-26)21-25-13-12-24(19-31(25)45-2)34(41)36-14-18-48(42,43)44/h3-4,7-10,12-13,19-20,22H,5-6,11,14-18,21H2,1-2H3,(H,36,41)(H,42,43,44). The number of halogens is 1. The van der Waals surface area contributed by atoms with Crippen LogP contribution in [0.25, 0.3) is 11.1 Å². The third-order valence-corrected chi connectivity index (χ3v) is 8.97. The first-order chi connectivity index (χ1) is 23.0. The Morgan fingerprint density at radius 1 is 1.12 bits per heavy atom. The zero-order valence-corrected chi connectivity index (χ0v) is 28.2. The molecule has 2 amide bonds. The maximum absolute atomic E-state index is 13.4. The molecule has 5 rings (SSSR count). The summed E-state index contributed by atoms with van der Waals surface area (Å²) in [5, 5.41) is 7.64. The maximum Gasteiger partial charge on any atom is 0.266 e. The van der Waals surface area contributed by atoms with Gasteiger partial charge in [-0.25, -0.2) is 0 Å². The zero-order chi connectivity index (χ0) is 34.3. The van der Waals surface area contributed by atoms with E-state index < -0.39 is 21.8 Å². The minimum Gasteiger partial charge on any atom is -0.496 e. The van der Waals surface area contributed by atoms with E-state index in [9.17, 15) is 18.0 Å². The monoisotopic (exact) mass is 696 g/mol. The first-order valence-corrected chi connectivity index (χ1v) is 17.4. The van der Waals surface area contributed by atoms with Crippen LogP contribution < -0.4 is 24.4 Å². The van der Waals surface area contributed by atoms with Crippen molar-refractivity contribution < 1.29 is 36.8 Å². The van der Waals surface area contributed by atoms with E-state index in [0.29, 0.717) is 73.5 Å². The van der Waals surface area contributed by atoms with Crippen molar-refractivity contribution in [2.75, 3.05) is 44.1 Å². The van der Waals surface area contributed by atoms with Crippen molar-refractivity contribution in [1.82, 2.24) is 15.1 Å². The number of aromatic nitrogens is 2. The molecule has 0 radical (unpaired) electrons. The van der Waals surface area contributed by atoms with Crippen LogP contribution in [0.4, 0.5) is 5.69 Å². The van der Waals surface area contributed by atoms with Gasteiger partial charge in [-0.3, -0.25) is 18.8 Å². The molecule has 12 nitrogen and oxygen atoms in total. The van der Waals surface area contributed by atoms with Gasteiger partial charge in [0.05, 0.1) is 44.5 Å². The molecule has 0 aliphatic carbocycles. The highest BCUT2D eigenvalue weighted by atomic mass is 35.5. The number of amides is 2. The second kappa shape index (κ2) is 15.5. The molecule has 0 spiro atoms. The first-order valence-electron chi connectivity index (χ1n) is 15.4. The van der Waals surface area contributed by atoms with Gasteiger partial charge in [0, 0.05) is 58.5 Å². The second-order valence-corrected chi connectivity index (χ2v) is 13.2. The highest BCUT2D eigenvalue weighted by Gasteiger charge is 2.25. The molecule has 1 aromatic heterocycles. The molecule has 0 bridgehead atoms. The molecule has 0 saturated heterocycles. The van der Waals surface area contributed by atoms with Crippen LogP contribution in [0.2, 0.25) is 5.02 Å². The average molecular weight is 697 g/mol. The van der Waals surface area contributed by atoms with Gasteiger partial charge < -0.3 is 24.4 Å². The molecule has 3 aromatic carbocycles. The molecule has 2 heterocycles. The number of para-hydroxylation sites is 1. The minimum absolute atomic E-state index is 0.0105. The molecule has 0 fully saturated rings. The smallest absolute Gasteiger partial charge is 0.266 e. The third-order valence-electron chi connectivity index (χ3n) is 7.84. The fraction of sp³-hybridized carbons (Fsp3) is 0.324. The van der Waals surface area contributed by atoms with Gasteiger partial charge in [0.2, 0.25) is 5.91 Å². The van der Waals surface area contributed by atoms with Gasteiger partial charge >= 0.3 is 0 Å². The van der Waals surface area contributed by atoms with Gasteiger partial charge in [-0.1, -0.05) is 35.9 Å². The van der Waals surface area contributed by atoms with Crippen molar-refractivity contribution >= 4 is 39.2 Å². The number of anilines is 1. The summed E-state index contributed by atoms with van der Waals surface area (Å²) in [6, 6.07) is 16.1. The summed E-state index contributed by atoms with van der Waals surface area (Å²) in [6.45, 7) is 3.41. The van der Waals surface area contributed by atoms with Crippen LogP contribution in [0.3, 0.4) is 0 Å². The Morgan fingerprint density at radius 3 is 2.73 bits per heavy atom. The Morgan fingerprint density at radius 2 is 1.94 bits per heavy atom. The summed E-state index contributed by atoms with van der Waals surface area (Å²) in [5.74, 6) is 0.694. The van der Waals surface area contributed by atoms with Crippen molar-refractivity contribution in [3.8, 4) is 28.4 Å². The lowest BCUT2D eigenvalue weighted by atomic mass is 10.1. The highest BCUT2D eigenvalue weighted by molar-refractivity contribution is 7.85. The summed E-state index contributed by atoms with van der Waals surface area (Å²) in [7, 11) is -2.69. The lowest BCUT2D eigenvalue weighted by Crippen LogP contribution is -2.31. The van der Waals surface area contributed by atoms with Crippen LogP contribution >= 0.6 is 11.6 Å². The van der Waals surface area contributed by atoms with Gasteiger partial charge in [-0.05, 0) is 50.1 Å². The van der Waals surface area contributed by atoms with E-state index in [0.717, 1.165) is 22.3 Å². The molecular weight excluding hydrogens is 660 g/mol. The molecule has 0 unspecified atom stereocenters. The van der Waals surface area contributed by atoms with Crippen LogP contribution in [-0.2, 0) is 21.5 Å². The second-order valence-electron chi connectivity index (χ2n) is 11.2. The van der Waals surface area contributed by atoms with Crippen molar-refractivity contribution in [2.24, 2.45) is 0 Å². The molecule has 0 atom stereocenters. The normalized spacial score (nSPS) is 12.9. The van der Waals surface area contributed by atoms with Gasteiger partial charge in [0.1, 0.15) is 11.5 Å². The van der Waals surface area contributed by atoms with Crippen LogP contribution in [0.15, 0.2) is 67.0 Å². The number of methoxy groups -OCH3 is 1. The highest BCUT2D eigenvalue weighted by Crippen LogP contribution is 2.40. The van der Waals surface area contributed by atoms with Gasteiger partial charge in [0.15, 0.2) is 5.75 Å². The summed E-state index contributed by atoms with van der Waals surface area (Å²) < 4.78 is 50.1. The number of ether oxygens (including phenoxy) is 3. The van der Waals surface area contributed by atoms with Crippen LogP contribution in [0.1, 0.15) is 40.7 Å². The number of nitrogens with one attached hydrogen (secondary N) is 1. The van der Waals surface area contributed by atoms with Crippen molar-refractivity contribution in [3.63, 3.8) is 0 Å². The minimum atomic E-state index is -4.18.